The third-order valence-corrected chi connectivity index (χ3v) is 6.35. The van der Waals surface area contributed by atoms with Gasteiger partial charge in [0.2, 0.25) is 0 Å². The van der Waals surface area contributed by atoms with Crippen LogP contribution in [0.4, 0.5) is 0 Å². The third kappa shape index (κ3) is 3.54. The summed E-state index contributed by atoms with van der Waals surface area (Å²) in [5, 5.41) is 11.4. The van der Waals surface area contributed by atoms with Gasteiger partial charge in [-0.15, -0.1) is 0 Å². The number of aliphatic hydroxyl groups excluding tert-OH is 1. The number of aliphatic hydroxyl groups is 1. The molecule has 2 unspecified atom stereocenters. The number of benzene rings is 1. The van der Waals surface area contributed by atoms with E-state index in [1.54, 1.807) is 16.8 Å². The van der Waals surface area contributed by atoms with Crippen LogP contribution in [0.15, 0.2) is 35.5 Å². The molecule has 0 radical (unpaired) electrons. The smallest absolute Gasteiger partial charge is 0.261 e. The largest absolute Gasteiger partial charge is 0.391 e. The first-order chi connectivity index (χ1) is 13.5. The van der Waals surface area contributed by atoms with E-state index in [-0.39, 0.29) is 16.6 Å². The molecule has 0 saturated heterocycles. The van der Waals surface area contributed by atoms with Crippen molar-refractivity contribution >= 4 is 34.1 Å². The maximum absolute atomic E-state index is 13.2. The fourth-order valence-electron chi connectivity index (χ4n) is 3.87. The summed E-state index contributed by atoms with van der Waals surface area (Å²) in [5.41, 5.74) is 2.87. The molecule has 1 saturated carbocycles. The van der Waals surface area contributed by atoms with Crippen LogP contribution in [0.5, 0.6) is 0 Å². The van der Waals surface area contributed by atoms with Crippen LogP contribution < -0.4 is 5.56 Å². The van der Waals surface area contributed by atoms with Crippen LogP contribution in [0.1, 0.15) is 48.5 Å². The van der Waals surface area contributed by atoms with Crippen molar-refractivity contribution in [1.29, 1.82) is 0 Å². The number of rotatable bonds is 3. The summed E-state index contributed by atoms with van der Waals surface area (Å²) in [6.45, 7) is 1.93. The van der Waals surface area contributed by atoms with Gasteiger partial charge >= 0.3 is 0 Å². The van der Waals surface area contributed by atoms with Gasteiger partial charge < -0.3 is 5.11 Å². The fourth-order valence-corrected chi connectivity index (χ4v) is 4.36. The van der Waals surface area contributed by atoms with Crippen LogP contribution in [-0.2, 0) is 6.42 Å². The molecule has 1 aromatic carbocycles. The number of fused-ring (bicyclic) bond motifs is 1. The number of hydrogen-bond acceptors (Lipinski definition) is 4. The van der Waals surface area contributed by atoms with E-state index in [9.17, 15) is 9.90 Å². The Labute approximate surface area is 173 Å². The normalized spacial score (nSPS) is 19.9. The molecular weight excluding hydrogens is 397 g/mol. The van der Waals surface area contributed by atoms with Crippen LogP contribution >= 0.6 is 23.2 Å². The maximum Gasteiger partial charge on any atom is 0.261 e. The van der Waals surface area contributed by atoms with E-state index < -0.39 is 6.10 Å². The van der Waals surface area contributed by atoms with Crippen molar-refractivity contribution in [3.63, 3.8) is 0 Å². The standard InChI is InChI=1S/C21H21Cl2N3O2/c1-12-6-7-13(10-24-12)8-14-9-15-20(19(23)18(14)22)25-11-26(21(15)28)16-4-2-3-5-17(16)27/h6-7,9-11,16-17,27H,2-5,8H2,1H3. The molecule has 4 rings (SSSR count). The molecule has 1 N–H and O–H groups in total. The monoisotopic (exact) mass is 417 g/mol. The lowest BCUT2D eigenvalue weighted by atomic mass is 9.92. The second-order valence-corrected chi connectivity index (χ2v) is 8.18. The molecule has 1 fully saturated rings. The summed E-state index contributed by atoms with van der Waals surface area (Å²) in [6, 6.07) is 5.43. The van der Waals surface area contributed by atoms with E-state index in [2.05, 4.69) is 9.97 Å². The minimum Gasteiger partial charge on any atom is -0.391 e. The lowest BCUT2D eigenvalue weighted by Gasteiger charge is -2.29. The van der Waals surface area contributed by atoms with Gasteiger partial charge in [-0.1, -0.05) is 42.1 Å². The van der Waals surface area contributed by atoms with Crippen LogP contribution in [-0.4, -0.2) is 25.7 Å². The van der Waals surface area contributed by atoms with E-state index in [4.69, 9.17) is 23.2 Å². The summed E-state index contributed by atoms with van der Waals surface area (Å²) in [5.74, 6) is 0. The van der Waals surface area contributed by atoms with Crippen molar-refractivity contribution in [2.24, 2.45) is 0 Å². The van der Waals surface area contributed by atoms with Gasteiger partial charge in [-0.05, 0) is 43.0 Å². The Morgan fingerprint density at radius 1 is 1.18 bits per heavy atom. The highest BCUT2D eigenvalue weighted by molar-refractivity contribution is 6.45. The van der Waals surface area contributed by atoms with Gasteiger partial charge in [0.25, 0.3) is 5.56 Å². The van der Waals surface area contributed by atoms with Crippen molar-refractivity contribution < 1.29 is 5.11 Å². The van der Waals surface area contributed by atoms with E-state index in [0.29, 0.717) is 28.8 Å². The van der Waals surface area contributed by atoms with E-state index in [1.807, 2.05) is 19.1 Å². The molecule has 7 heteroatoms. The molecule has 0 spiro atoms. The first-order valence-electron chi connectivity index (χ1n) is 9.43. The van der Waals surface area contributed by atoms with Crippen molar-refractivity contribution in [1.82, 2.24) is 14.5 Å². The number of aryl methyl sites for hydroxylation is 1. The average molecular weight is 418 g/mol. The first kappa shape index (κ1) is 19.4. The van der Waals surface area contributed by atoms with Gasteiger partial charge in [0.15, 0.2) is 0 Å². The Kier molecular flexibility index (Phi) is 5.41. The molecule has 2 heterocycles. The Morgan fingerprint density at radius 2 is 1.96 bits per heavy atom. The first-order valence-corrected chi connectivity index (χ1v) is 10.2. The number of nitrogens with zero attached hydrogens (tertiary/aromatic N) is 3. The highest BCUT2D eigenvalue weighted by atomic mass is 35.5. The highest BCUT2D eigenvalue weighted by Gasteiger charge is 2.26. The van der Waals surface area contributed by atoms with Crippen LogP contribution in [0.25, 0.3) is 10.9 Å². The van der Waals surface area contributed by atoms with Gasteiger partial charge in [-0.2, -0.15) is 0 Å². The minimum atomic E-state index is -0.536. The summed E-state index contributed by atoms with van der Waals surface area (Å²) >= 11 is 12.9. The zero-order valence-electron chi connectivity index (χ0n) is 15.5. The molecule has 1 aliphatic carbocycles. The molecule has 0 bridgehead atoms. The molecule has 146 valence electrons. The Morgan fingerprint density at radius 3 is 2.68 bits per heavy atom. The fraction of sp³-hybridized carbons (Fsp3) is 0.381. The minimum absolute atomic E-state index is 0.196. The SMILES string of the molecule is Cc1ccc(Cc2cc3c(=O)n(C4CCCCC4O)cnc3c(Cl)c2Cl)cn1. The van der Waals surface area contributed by atoms with Crippen LogP contribution in [0, 0.1) is 6.92 Å². The molecule has 28 heavy (non-hydrogen) atoms. The van der Waals surface area contributed by atoms with Gasteiger partial charge in [0.1, 0.15) is 0 Å². The summed E-state index contributed by atoms with van der Waals surface area (Å²) in [7, 11) is 0. The average Bonchev–Trinajstić information content (AvgIpc) is 2.69. The van der Waals surface area contributed by atoms with Crippen molar-refractivity contribution in [3.8, 4) is 0 Å². The van der Waals surface area contributed by atoms with Gasteiger partial charge in [0.05, 0.1) is 39.4 Å². The second-order valence-electron chi connectivity index (χ2n) is 7.42. The molecule has 1 aliphatic rings. The zero-order chi connectivity index (χ0) is 19.8. The van der Waals surface area contributed by atoms with Crippen molar-refractivity contribution in [2.45, 2.75) is 51.2 Å². The summed E-state index contributed by atoms with van der Waals surface area (Å²) < 4.78 is 1.55. The molecule has 0 amide bonds. The molecule has 2 aromatic heterocycles. The summed E-state index contributed by atoms with van der Waals surface area (Å²) in [4.78, 5) is 21.9. The number of pyridine rings is 1. The summed E-state index contributed by atoms with van der Waals surface area (Å²) in [6.07, 6.45) is 6.68. The number of halogens is 2. The van der Waals surface area contributed by atoms with Crippen LogP contribution in [0.3, 0.4) is 0 Å². The highest BCUT2D eigenvalue weighted by Crippen LogP contribution is 2.34. The molecule has 2 atom stereocenters. The Balaban J connectivity index is 1.81. The quantitative estimate of drug-likeness (QED) is 0.682. The van der Waals surface area contributed by atoms with Gasteiger partial charge in [0, 0.05) is 18.3 Å². The molecule has 5 nitrogen and oxygen atoms in total. The van der Waals surface area contributed by atoms with Gasteiger partial charge in [-0.25, -0.2) is 4.98 Å². The maximum atomic E-state index is 13.2. The Hall–Kier alpha value is -1.95. The molecule has 0 aliphatic heterocycles. The predicted molar refractivity (Wildman–Crippen MR) is 111 cm³/mol. The van der Waals surface area contributed by atoms with E-state index in [1.165, 1.54) is 6.33 Å². The zero-order valence-corrected chi connectivity index (χ0v) is 17.0. The van der Waals surface area contributed by atoms with E-state index >= 15 is 0 Å². The number of aromatic nitrogens is 3. The lowest BCUT2D eigenvalue weighted by Crippen LogP contribution is -2.34. The second kappa shape index (κ2) is 7.82. The van der Waals surface area contributed by atoms with Crippen molar-refractivity contribution in [3.05, 3.63) is 67.9 Å². The van der Waals surface area contributed by atoms with Crippen molar-refractivity contribution in [2.75, 3.05) is 0 Å². The van der Waals surface area contributed by atoms with Crippen LogP contribution in [0.2, 0.25) is 10.0 Å². The molecular formula is C21H21Cl2N3O2. The van der Waals surface area contributed by atoms with Gasteiger partial charge in [-0.3, -0.25) is 14.3 Å². The Bertz CT molecular complexity index is 1080. The molecule has 3 aromatic rings. The number of hydrogen-bond donors (Lipinski definition) is 1. The third-order valence-electron chi connectivity index (χ3n) is 5.45. The lowest BCUT2D eigenvalue weighted by molar-refractivity contribution is 0.0735. The predicted octanol–water partition coefficient (Wildman–Crippen LogP) is 4.47. The topological polar surface area (TPSA) is 68.0 Å². The van der Waals surface area contributed by atoms with E-state index in [0.717, 1.165) is 36.1 Å².